The van der Waals surface area contributed by atoms with Gasteiger partial charge in [0.05, 0.1) is 16.6 Å². The van der Waals surface area contributed by atoms with E-state index in [1.165, 1.54) is 82.0 Å². The number of H-pyrrole nitrogens is 1. The third kappa shape index (κ3) is 2.88. The molecule has 0 spiro atoms. The molecule has 0 atom stereocenters. The molecule has 0 bridgehead atoms. The molecular formula is C38H24N2. The van der Waals surface area contributed by atoms with Crippen LogP contribution >= 0.6 is 0 Å². The highest BCUT2D eigenvalue weighted by molar-refractivity contribution is 6.26. The Morgan fingerprint density at radius 2 is 0.950 bits per heavy atom. The normalized spacial score (nSPS) is 12.0. The average Bonchev–Trinajstić information content (AvgIpc) is 3.57. The molecule has 0 unspecified atom stereocenters. The van der Waals surface area contributed by atoms with E-state index in [0.29, 0.717) is 0 Å². The van der Waals surface area contributed by atoms with Crippen molar-refractivity contribution in [3.63, 3.8) is 0 Å². The van der Waals surface area contributed by atoms with Gasteiger partial charge in [-0.05, 0) is 58.3 Å². The van der Waals surface area contributed by atoms with E-state index < -0.39 is 0 Å². The SMILES string of the molecule is c1ccc(-n2c3ccccc3c3cc(-c4cc5c6ccccc6[nH]c5c5ccccc45)c4ccccc4c32)cc1. The van der Waals surface area contributed by atoms with Crippen molar-refractivity contribution in [2.45, 2.75) is 0 Å². The smallest absolute Gasteiger partial charge is 0.0619 e. The second-order valence-electron chi connectivity index (χ2n) is 10.6. The first-order chi connectivity index (χ1) is 19.9. The van der Waals surface area contributed by atoms with Crippen LogP contribution in [-0.2, 0) is 0 Å². The number of aromatic nitrogens is 2. The lowest BCUT2D eigenvalue weighted by Crippen LogP contribution is -1.94. The van der Waals surface area contributed by atoms with Crippen LogP contribution < -0.4 is 0 Å². The molecule has 0 aliphatic rings. The maximum Gasteiger partial charge on any atom is 0.0619 e. The molecule has 7 aromatic carbocycles. The number of benzene rings is 7. The Morgan fingerprint density at radius 1 is 0.400 bits per heavy atom. The largest absolute Gasteiger partial charge is 0.354 e. The predicted octanol–water partition coefficient (Wildman–Crippen LogP) is 10.4. The van der Waals surface area contributed by atoms with E-state index in [4.69, 9.17) is 0 Å². The summed E-state index contributed by atoms with van der Waals surface area (Å²) in [6, 6.07) is 50.7. The molecule has 186 valence electrons. The van der Waals surface area contributed by atoms with Gasteiger partial charge in [-0.3, -0.25) is 0 Å². The number of hydrogen-bond donors (Lipinski definition) is 1. The van der Waals surface area contributed by atoms with E-state index in [2.05, 4.69) is 149 Å². The van der Waals surface area contributed by atoms with Crippen molar-refractivity contribution in [2.24, 2.45) is 0 Å². The number of nitrogens with zero attached hydrogens (tertiary/aromatic N) is 1. The van der Waals surface area contributed by atoms with Crippen LogP contribution in [0.2, 0.25) is 0 Å². The first-order valence-corrected chi connectivity index (χ1v) is 13.8. The molecule has 9 rings (SSSR count). The highest BCUT2D eigenvalue weighted by Crippen LogP contribution is 2.44. The van der Waals surface area contributed by atoms with E-state index in [-0.39, 0.29) is 0 Å². The molecule has 0 saturated heterocycles. The Kier molecular flexibility index (Phi) is 4.36. The first kappa shape index (κ1) is 21.6. The van der Waals surface area contributed by atoms with Gasteiger partial charge in [-0.25, -0.2) is 0 Å². The molecule has 2 heterocycles. The van der Waals surface area contributed by atoms with Crippen molar-refractivity contribution in [1.82, 2.24) is 9.55 Å². The number of fused-ring (bicyclic) bond motifs is 10. The zero-order valence-electron chi connectivity index (χ0n) is 21.7. The Morgan fingerprint density at radius 3 is 1.73 bits per heavy atom. The highest BCUT2D eigenvalue weighted by atomic mass is 15.0. The van der Waals surface area contributed by atoms with Crippen molar-refractivity contribution < 1.29 is 0 Å². The standard InChI is InChI=1S/C38H24N2/c1-2-12-24(13-3-1)40-36-21-11-9-17-28(36)34-23-32(26-15-5-7-19-30(26)38(34)40)31-22-33-27-16-8-10-20-35(27)39-37(33)29-18-6-4-14-25(29)31/h1-23,39H. The number of aromatic amines is 1. The number of nitrogens with one attached hydrogen (secondary N) is 1. The molecule has 40 heavy (non-hydrogen) atoms. The molecule has 0 aliphatic carbocycles. The van der Waals surface area contributed by atoms with Crippen LogP contribution in [0.1, 0.15) is 0 Å². The van der Waals surface area contributed by atoms with Crippen LogP contribution in [0.3, 0.4) is 0 Å². The van der Waals surface area contributed by atoms with Crippen LogP contribution in [0, 0.1) is 0 Å². The maximum atomic E-state index is 3.71. The number of rotatable bonds is 2. The molecular weight excluding hydrogens is 484 g/mol. The Hall–Kier alpha value is -5.34. The first-order valence-electron chi connectivity index (χ1n) is 13.8. The summed E-state index contributed by atoms with van der Waals surface area (Å²) < 4.78 is 2.43. The van der Waals surface area contributed by atoms with Crippen molar-refractivity contribution in [1.29, 1.82) is 0 Å². The molecule has 0 amide bonds. The lowest BCUT2D eigenvalue weighted by molar-refractivity contribution is 1.19. The van der Waals surface area contributed by atoms with Crippen LogP contribution in [0.25, 0.3) is 82.0 Å². The van der Waals surface area contributed by atoms with Crippen molar-refractivity contribution in [3.05, 3.63) is 140 Å². The summed E-state index contributed by atoms with van der Waals surface area (Å²) in [5, 5.41) is 10.1. The lowest BCUT2D eigenvalue weighted by atomic mass is 9.90. The molecule has 9 aromatic rings. The summed E-state index contributed by atoms with van der Waals surface area (Å²) in [6.07, 6.45) is 0. The minimum absolute atomic E-state index is 1.17. The van der Waals surface area contributed by atoms with E-state index in [1.54, 1.807) is 0 Å². The Bertz CT molecular complexity index is 2420. The van der Waals surface area contributed by atoms with Crippen LogP contribution in [0.15, 0.2) is 140 Å². The van der Waals surface area contributed by atoms with Gasteiger partial charge in [0.1, 0.15) is 0 Å². The van der Waals surface area contributed by atoms with Gasteiger partial charge < -0.3 is 9.55 Å². The summed E-state index contributed by atoms with van der Waals surface area (Å²) in [5.41, 5.74) is 8.56. The third-order valence-electron chi connectivity index (χ3n) is 8.50. The Labute approximate surface area is 230 Å². The maximum absolute atomic E-state index is 3.71. The van der Waals surface area contributed by atoms with Gasteiger partial charge in [0.15, 0.2) is 0 Å². The number of hydrogen-bond acceptors (Lipinski definition) is 0. The topological polar surface area (TPSA) is 20.7 Å². The third-order valence-corrected chi connectivity index (χ3v) is 8.50. The van der Waals surface area contributed by atoms with Crippen LogP contribution in [0.4, 0.5) is 0 Å². The van der Waals surface area contributed by atoms with E-state index in [9.17, 15) is 0 Å². The van der Waals surface area contributed by atoms with Gasteiger partial charge in [-0.15, -0.1) is 0 Å². The van der Waals surface area contributed by atoms with Crippen molar-refractivity contribution >= 4 is 65.2 Å². The van der Waals surface area contributed by atoms with Gasteiger partial charge >= 0.3 is 0 Å². The zero-order chi connectivity index (χ0) is 26.2. The monoisotopic (exact) mass is 508 g/mol. The molecule has 2 nitrogen and oxygen atoms in total. The fraction of sp³-hybridized carbons (Fsp3) is 0. The van der Waals surface area contributed by atoms with E-state index in [0.717, 1.165) is 0 Å². The number of para-hydroxylation sites is 3. The highest BCUT2D eigenvalue weighted by Gasteiger charge is 2.20. The predicted molar refractivity (Wildman–Crippen MR) is 171 cm³/mol. The minimum atomic E-state index is 1.17. The molecule has 2 aromatic heterocycles. The second-order valence-corrected chi connectivity index (χ2v) is 10.6. The van der Waals surface area contributed by atoms with E-state index in [1.807, 2.05) is 0 Å². The molecule has 0 radical (unpaired) electrons. The molecule has 0 fully saturated rings. The second kappa shape index (κ2) is 8.08. The van der Waals surface area contributed by atoms with Crippen LogP contribution in [-0.4, -0.2) is 9.55 Å². The van der Waals surface area contributed by atoms with Crippen molar-refractivity contribution in [2.75, 3.05) is 0 Å². The fourth-order valence-electron chi connectivity index (χ4n) is 6.80. The molecule has 2 heteroatoms. The summed E-state index contributed by atoms with van der Waals surface area (Å²) in [6.45, 7) is 0. The molecule has 1 N–H and O–H groups in total. The van der Waals surface area contributed by atoms with Gasteiger partial charge in [0.2, 0.25) is 0 Å². The summed E-state index contributed by atoms with van der Waals surface area (Å²) in [7, 11) is 0. The molecule has 0 aliphatic heterocycles. The van der Waals surface area contributed by atoms with Crippen LogP contribution in [0.5, 0.6) is 0 Å². The van der Waals surface area contributed by atoms with Gasteiger partial charge in [-0.1, -0.05) is 103 Å². The lowest BCUT2D eigenvalue weighted by Gasteiger charge is -2.15. The fourth-order valence-corrected chi connectivity index (χ4v) is 6.80. The molecule has 0 saturated carbocycles. The quantitative estimate of drug-likeness (QED) is 0.240. The van der Waals surface area contributed by atoms with E-state index >= 15 is 0 Å². The van der Waals surface area contributed by atoms with Gasteiger partial charge in [0, 0.05) is 43.5 Å². The minimum Gasteiger partial charge on any atom is -0.354 e. The van der Waals surface area contributed by atoms with Gasteiger partial charge in [-0.2, -0.15) is 0 Å². The summed E-state index contributed by atoms with van der Waals surface area (Å²) in [5.74, 6) is 0. The zero-order valence-corrected chi connectivity index (χ0v) is 21.7. The van der Waals surface area contributed by atoms with Gasteiger partial charge in [0.25, 0.3) is 0 Å². The average molecular weight is 509 g/mol. The van der Waals surface area contributed by atoms with Crippen molar-refractivity contribution in [3.8, 4) is 16.8 Å². The Balaban J connectivity index is 1.49. The summed E-state index contributed by atoms with van der Waals surface area (Å²) >= 11 is 0. The summed E-state index contributed by atoms with van der Waals surface area (Å²) in [4.78, 5) is 3.71.